The monoisotopic (exact) mass is 279 g/mol. The van der Waals surface area contributed by atoms with Crippen LogP contribution in [0.3, 0.4) is 0 Å². The second kappa shape index (κ2) is 5.74. The Morgan fingerprint density at radius 3 is 2.68 bits per heavy atom. The Hall–Kier alpha value is -1.35. The zero-order valence-corrected chi connectivity index (χ0v) is 12.0. The van der Waals surface area contributed by atoms with Crippen LogP contribution >= 0.6 is 11.6 Å². The van der Waals surface area contributed by atoms with E-state index in [2.05, 4.69) is 0 Å². The van der Waals surface area contributed by atoms with Crippen LogP contribution in [0.25, 0.3) is 0 Å². The maximum Gasteiger partial charge on any atom is 0.237 e. The second-order valence-corrected chi connectivity index (χ2v) is 5.60. The van der Waals surface area contributed by atoms with E-state index in [1.54, 1.807) is 11.0 Å². The molecule has 0 unspecified atom stereocenters. The summed E-state index contributed by atoms with van der Waals surface area (Å²) in [6.45, 7) is 4.30. The molecule has 0 radical (unpaired) electrons. The fourth-order valence-corrected chi connectivity index (χ4v) is 2.69. The second-order valence-electron chi connectivity index (χ2n) is 5.19. The van der Waals surface area contributed by atoms with Crippen LogP contribution in [-0.4, -0.2) is 18.2 Å². The number of piperidine rings is 1. The van der Waals surface area contributed by atoms with E-state index in [1.165, 1.54) is 0 Å². The molecule has 0 saturated carbocycles. The zero-order valence-electron chi connectivity index (χ0n) is 11.2. The van der Waals surface area contributed by atoms with Crippen molar-refractivity contribution in [2.75, 3.05) is 11.4 Å². The first kappa shape index (κ1) is 14.1. The molecule has 0 spiro atoms. The molecule has 1 aliphatic heterocycles. The van der Waals surface area contributed by atoms with Gasteiger partial charge in [0.2, 0.25) is 5.91 Å². The number of anilines is 1. The van der Waals surface area contributed by atoms with Gasteiger partial charge in [-0.2, -0.15) is 0 Å². The van der Waals surface area contributed by atoms with Crippen LogP contribution in [0, 0.1) is 11.8 Å². The molecule has 1 aliphatic rings. The van der Waals surface area contributed by atoms with Gasteiger partial charge in [-0.1, -0.05) is 37.6 Å². The molecule has 0 aromatic heterocycles. The maximum atomic E-state index is 12.5. The molecular weight excluding hydrogens is 262 g/mol. The molecule has 1 fully saturated rings. The van der Waals surface area contributed by atoms with E-state index in [1.807, 2.05) is 32.0 Å². The highest BCUT2D eigenvalue weighted by atomic mass is 35.5. The third kappa shape index (κ3) is 2.81. The maximum absolute atomic E-state index is 12.5. The number of carbonyl (C=O) groups excluding carboxylic acids is 2. The minimum atomic E-state index is -0.509. The Kier molecular flexibility index (Phi) is 4.25. The number of benzene rings is 1. The molecule has 1 amide bonds. The van der Waals surface area contributed by atoms with E-state index < -0.39 is 5.92 Å². The number of halogens is 1. The van der Waals surface area contributed by atoms with Gasteiger partial charge < -0.3 is 4.90 Å². The molecule has 0 bridgehead atoms. The van der Waals surface area contributed by atoms with Crippen LogP contribution in [0.4, 0.5) is 5.69 Å². The fourth-order valence-electron chi connectivity index (χ4n) is 2.45. The lowest BCUT2D eigenvalue weighted by Crippen LogP contribution is -2.45. The summed E-state index contributed by atoms with van der Waals surface area (Å²) in [5.41, 5.74) is 0.704. The van der Waals surface area contributed by atoms with Crippen LogP contribution in [0.1, 0.15) is 26.7 Å². The van der Waals surface area contributed by atoms with Crippen molar-refractivity contribution in [2.24, 2.45) is 11.8 Å². The van der Waals surface area contributed by atoms with Crippen LogP contribution < -0.4 is 4.90 Å². The van der Waals surface area contributed by atoms with Crippen molar-refractivity contribution in [3.63, 3.8) is 0 Å². The van der Waals surface area contributed by atoms with Crippen molar-refractivity contribution >= 4 is 29.0 Å². The minimum absolute atomic E-state index is 0.0294. The number of Topliss-reactive ketones (excluding diaryl/α,β-unsaturated/α-hetero) is 1. The van der Waals surface area contributed by atoms with Gasteiger partial charge in [0.25, 0.3) is 0 Å². The zero-order chi connectivity index (χ0) is 14.0. The SMILES string of the molecule is CC(C)C(=O)[C@H]1CCCN(c2ccccc2Cl)C1=O. The largest absolute Gasteiger partial charge is 0.310 e. The molecule has 1 saturated heterocycles. The highest BCUT2D eigenvalue weighted by Gasteiger charge is 2.35. The Balaban J connectivity index is 2.26. The Bertz CT molecular complexity index is 499. The topological polar surface area (TPSA) is 37.4 Å². The van der Waals surface area contributed by atoms with E-state index >= 15 is 0 Å². The van der Waals surface area contributed by atoms with E-state index in [4.69, 9.17) is 11.6 Å². The average Bonchev–Trinajstić information content (AvgIpc) is 2.39. The minimum Gasteiger partial charge on any atom is -0.310 e. The van der Waals surface area contributed by atoms with Crippen molar-refractivity contribution in [3.8, 4) is 0 Å². The number of amides is 1. The molecule has 102 valence electrons. The molecular formula is C15H18ClNO2. The molecule has 0 N–H and O–H groups in total. The lowest BCUT2D eigenvalue weighted by Gasteiger charge is -2.32. The Morgan fingerprint density at radius 1 is 1.37 bits per heavy atom. The van der Waals surface area contributed by atoms with Crippen LogP contribution in [0.5, 0.6) is 0 Å². The first-order valence-corrected chi connectivity index (χ1v) is 6.99. The third-order valence-corrected chi connectivity index (χ3v) is 3.81. The van der Waals surface area contributed by atoms with Crippen LogP contribution in [0.2, 0.25) is 5.02 Å². The summed E-state index contributed by atoms with van der Waals surface area (Å²) in [7, 11) is 0. The van der Waals surface area contributed by atoms with Crippen molar-refractivity contribution < 1.29 is 9.59 Å². The molecule has 19 heavy (non-hydrogen) atoms. The summed E-state index contributed by atoms with van der Waals surface area (Å²) in [6, 6.07) is 7.26. The standard InChI is InChI=1S/C15H18ClNO2/c1-10(2)14(18)11-6-5-9-17(15(11)19)13-8-4-3-7-12(13)16/h3-4,7-8,10-11H,5-6,9H2,1-2H3/t11-/m1/s1. The van der Waals surface area contributed by atoms with Crippen molar-refractivity contribution in [3.05, 3.63) is 29.3 Å². The normalized spacial score (nSPS) is 19.9. The van der Waals surface area contributed by atoms with E-state index in [0.717, 1.165) is 6.42 Å². The summed E-state index contributed by atoms with van der Waals surface area (Å²) in [6.07, 6.45) is 1.48. The molecule has 2 rings (SSSR count). The predicted molar refractivity (Wildman–Crippen MR) is 76.4 cm³/mol. The number of para-hydroxylation sites is 1. The molecule has 1 atom stereocenters. The first-order chi connectivity index (χ1) is 9.02. The third-order valence-electron chi connectivity index (χ3n) is 3.49. The van der Waals surface area contributed by atoms with Crippen LogP contribution in [-0.2, 0) is 9.59 Å². The average molecular weight is 280 g/mol. The number of hydrogen-bond donors (Lipinski definition) is 0. The number of rotatable bonds is 3. The summed E-state index contributed by atoms with van der Waals surface area (Å²) >= 11 is 6.13. The van der Waals surface area contributed by atoms with Crippen LogP contribution in [0.15, 0.2) is 24.3 Å². The molecule has 1 aromatic carbocycles. The van der Waals surface area contributed by atoms with Crippen molar-refractivity contribution in [1.82, 2.24) is 0 Å². The predicted octanol–water partition coefficient (Wildman–Crippen LogP) is 3.31. The van der Waals surface area contributed by atoms with Gasteiger partial charge in [-0.25, -0.2) is 0 Å². The molecule has 4 heteroatoms. The highest BCUT2D eigenvalue weighted by molar-refractivity contribution is 6.34. The molecule has 3 nitrogen and oxygen atoms in total. The summed E-state index contributed by atoms with van der Waals surface area (Å²) in [5.74, 6) is -0.704. The number of hydrogen-bond acceptors (Lipinski definition) is 2. The molecule has 0 aliphatic carbocycles. The Labute approximate surface area is 118 Å². The lowest BCUT2D eigenvalue weighted by atomic mass is 9.87. The van der Waals surface area contributed by atoms with Gasteiger partial charge in [-0.3, -0.25) is 9.59 Å². The van der Waals surface area contributed by atoms with E-state index in [0.29, 0.717) is 23.7 Å². The van der Waals surface area contributed by atoms with Gasteiger partial charge >= 0.3 is 0 Å². The van der Waals surface area contributed by atoms with E-state index in [9.17, 15) is 9.59 Å². The number of carbonyl (C=O) groups is 2. The molecule has 1 aromatic rings. The Morgan fingerprint density at radius 2 is 2.05 bits per heavy atom. The first-order valence-electron chi connectivity index (χ1n) is 6.62. The van der Waals surface area contributed by atoms with Gasteiger partial charge in [0.05, 0.1) is 16.6 Å². The van der Waals surface area contributed by atoms with Crippen molar-refractivity contribution in [2.45, 2.75) is 26.7 Å². The van der Waals surface area contributed by atoms with E-state index in [-0.39, 0.29) is 17.6 Å². The fraction of sp³-hybridized carbons (Fsp3) is 0.467. The van der Waals surface area contributed by atoms with Gasteiger partial charge in [-0.15, -0.1) is 0 Å². The number of ketones is 1. The summed E-state index contributed by atoms with van der Waals surface area (Å²) in [4.78, 5) is 26.2. The van der Waals surface area contributed by atoms with Gasteiger partial charge in [0.15, 0.2) is 0 Å². The van der Waals surface area contributed by atoms with Gasteiger partial charge in [-0.05, 0) is 25.0 Å². The van der Waals surface area contributed by atoms with Gasteiger partial charge in [0, 0.05) is 12.5 Å². The quantitative estimate of drug-likeness (QED) is 0.796. The molecule has 1 heterocycles. The highest BCUT2D eigenvalue weighted by Crippen LogP contribution is 2.31. The smallest absolute Gasteiger partial charge is 0.237 e. The lowest BCUT2D eigenvalue weighted by molar-refractivity contribution is -0.135. The summed E-state index contributed by atoms with van der Waals surface area (Å²) in [5, 5.41) is 0.550. The number of nitrogens with zero attached hydrogens (tertiary/aromatic N) is 1. The van der Waals surface area contributed by atoms with Crippen molar-refractivity contribution in [1.29, 1.82) is 0 Å². The van der Waals surface area contributed by atoms with Gasteiger partial charge in [0.1, 0.15) is 5.78 Å². The summed E-state index contributed by atoms with van der Waals surface area (Å²) < 4.78 is 0.